The van der Waals surface area contributed by atoms with Crippen LogP contribution in [0.1, 0.15) is 25.3 Å². The lowest BCUT2D eigenvalue weighted by atomic mass is 10.1. The highest BCUT2D eigenvalue weighted by atomic mass is 79.9. The Hall–Kier alpha value is -2.84. The second-order valence-electron chi connectivity index (χ2n) is 7.13. The molecule has 0 unspecified atom stereocenters. The van der Waals surface area contributed by atoms with Crippen LogP contribution in [0, 0.1) is 0 Å². The summed E-state index contributed by atoms with van der Waals surface area (Å²) in [6.07, 6.45) is 0.430. The lowest BCUT2D eigenvalue weighted by Gasteiger charge is -2.32. The first-order chi connectivity index (χ1) is 15.1. The number of amidine groups is 1. The molecule has 1 amide bonds. The predicted molar refractivity (Wildman–Crippen MR) is 125 cm³/mol. The largest absolute Gasteiger partial charge is 0.457 e. The van der Waals surface area contributed by atoms with Gasteiger partial charge in [-0.15, -0.1) is 5.10 Å². The zero-order valence-corrected chi connectivity index (χ0v) is 19.1. The SMILES string of the molecule is CCCSC1=NN2C(=c3ccccc3=N[C@H]2c2ccc(-c3ccc(Br)cc3)o2)C(=O)N1. The first kappa shape index (κ1) is 20.1. The number of thioether (sulfide) groups is 1. The van der Waals surface area contributed by atoms with E-state index in [4.69, 9.17) is 14.5 Å². The molecule has 2 aromatic carbocycles. The normalized spacial score (nSPS) is 17.4. The van der Waals surface area contributed by atoms with Crippen LogP contribution in [-0.2, 0) is 4.79 Å². The molecule has 3 heterocycles. The van der Waals surface area contributed by atoms with Crippen LogP contribution < -0.4 is 15.9 Å². The minimum absolute atomic E-state index is 0.180. The topological polar surface area (TPSA) is 70.2 Å². The number of hydrogen-bond acceptors (Lipinski definition) is 6. The quantitative estimate of drug-likeness (QED) is 0.595. The van der Waals surface area contributed by atoms with Crippen molar-refractivity contribution in [2.45, 2.75) is 19.5 Å². The maximum Gasteiger partial charge on any atom is 0.276 e. The summed E-state index contributed by atoms with van der Waals surface area (Å²) in [5.74, 6) is 2.06. The predicted octanol–water partition coefficient (Wildman–Crippen LogP) is 4.00. The molecule has 2 aliphatic rings. The number of halogens is 1. The van der Waals surface area contributed by atoms with Gasteiger partial charge in [0, 0.05) is 21.0 Å². The van der Waals surface area contributed by atoms with Gasteiger partial charge in [-0.3, -0.25) is 10.1 Å². The van der Waals surface area contributed by atoms with E-state index in [9.17, 15) is 4.79 Å². The molecule has 0 aliphatic carbocycles. The third-order valence-electron chi connectivity index (χ3n) is 4.97. The maximum absolute atomic E-state index is 13.0. The molecular weight excluding hydrogens is 476 g/mol. The highest BCUT2D eigenvalue weighted by Gasteiger charge is 2.35. The standard InChI is InChI=1S/C23H19BrN4O2S/c1-2-13-31-23-26-22(29)20-16-5-3-4-6-17(16)25-21(28(20)27-23)19-12-11-18(30-19)14-7-9-15(24)10-8-14/h3-12,21H,2,13H2,1H3,(H,26,27,29)/t21-/m1/s1. The number of benzene rings is 2. The van der Waals surface area contributed by atoms with Crippen LogP contribution in [0.5, 0.6) is 0 Å². The summed E-state index contributed by atoms with van der Waals surface area (Å²) >= 11 is 4.98. The van der Waals surface area contributed by atoms with E-state index in [2.05, 4.69) is 28.2 Å². The van der Waals surface area contributed by atoms with Gasteiger partial charge in [-0.2, -0.15) is 0 Å². The number of nitrogens with zero attached hydrogens (tertiary/aromatic N) is 3. The Morgan fingerprint density at radius 2 is 1.94 bits per heavy atom. The number of rotatable bonds is 4. The van der Waals surface area contributed by atoms with E-state index in [1.54, 1.807) is 5.01 Å². The molecular formula is C23H19BrN4O2S. The van der Waals surface area contributed by atoms with Gasteiger partial charge in [0.1, 0.15) is 11.5 Å². The lowest BCUT2D eigenvalue weighted by molar-refractivity contribution is -0.116. The number of hydrogen-bond donors (Lipinski definition) is 1. The Labute approximate surface area is 191 Å². The Morgan fingerprint density at radius 3 is 2.74 bits per heavy atom. The van der Waals surface area contributed by atoms with E-state index < -0.39 is 6.17 Å². The smallest absolute Gasteiger partial charge is 0.276 e. The van der Waals surface area contributed by atoms with Crippen molar-refractivity contribution in [2.75, 3.05) is 5.75 Å². The van der Waals surface area contributed by atoms with Gasteiger partial charge < -0.3 is 4.42 Å². The molecule has 1 atom stereocenters. The molecule has 3 aromatic rings. The van der Waals surface area contributed by atoms with Crippen molar-refractivity contribution in [2.24, 2.45) is 10.1 Å². The summed E-state index contributed by atoms with van der Waals surface area (Å²) in [6.45, 7) is 2.09. The van der Waals surface area contributed by atoms with Crippen LogP contribution in [0.4, 0.5) is 0 Å². The number of hydrazone groups is 1. The fraction of sp³-hybridized carbons (Fsp3) is 0.174. The van der Waals surface area contributed by atoms with Crippen molar-refractivity contribution in [3.05, 3.63) is 81.5 Å². The second kappa shape index (κ2) is 8.36. The van der Waals surface area contributed by atoms with Crippen LogP contribution in [0.25, 0.3) is 17.0 Å². The van der Waals surface area contributed by atoms with Crippen molar-refractivity contribution in [3.63, 3.8) is 0 Å². The van der Waals surface area contributed by atoms with Gasteiger partial charge in [0.15, 0.2) is 10.9 Å². The van der Waals surface area contributed by atoms with E-state index >= 15 is 0 Å². The highest BCUT2D eigenvalue weighted by Crippen LogP contribution is 2.34. The van der Waals surface area contributed by atoms with Gasteiger partial charge in [0.05, 0.1) is 5.36 Å². The van der Waals surface area contributed by atoms with Crippen LogP contribution in [0.3, 0.4) is 0 Å². The Balaban J connectivity index is 1.61. The summed E-state index contributed by atoms with van der Waals surface area (Å²) in [5, 5.41) is 11.4. The van der Waals surface area contributed by atoms with Crippen molar-refractivity contribution < 1.29 is 9.21 Å². The molecule has 8 heteroatoms. The van der Waals surface area contributed by atoms with Gasteiger partial charge in [-0.25, -0.2) is 10.0 Å². The molecule has 5 rings (SSSR count). The molecule has 0 saturated heterocycles. The van der Waals surface area contributed by atoms with Crippen molar-refractivity contribution >= 4 is 44.5 Å². The van der Waals surface area contributed by atoms with Crippen LogP contribution >= 0.6 is 27.7 Å². The van der Waals surface area contributed by atoms with E-state index in [0.717, 1.165) is 38.5 Å². The number of amides is 1. The maximum atomic E-state index is 13.0. The van der Waals surface area contributed by atoms with E-state index in [1.165, 1.54) is 11.8 Å². The summed E-state index contributed by atoms with van der Waals surface area (Å²) in [5.41, 5.74) is 1.45. The van der Waals surface area contributed by atoms with Crippen molar-refractivity contribution in [1.29, 1.82) is 0 Å². The first-order valence-corrected chi connectivity index (χ1v) is 11.8. The molecule has 0 spiro atoms. The number of furan rings is 1. The van der Waals surface area contributed by atoms with Gasteiger partial charge >= 0.3 is 0 Å². The fourth-order valence-electron chi connectivity index (χ4n) is 3.54. The number of carbonyl (C=O) groups excluding carboxylic acids is 1. The molecule has 0 fully saturated rings. The highest BCUT2D eigenvalue weighted by molar-refractivity contribution is 9.10. The molecule has 6 nitrogen and oxygen atoms in total. The molecule has 2 aliphatic heterocycles. The van der Waals surface area contributed by atoms with E-state index in [0.29, 0.717) is 16.6 Å². The summed E-state index contributed by atoms with van der Waals surface area (Å²) in [7, 11) is 0. The summed E-state index contributed by atoms with van der Waals surface area (Å²) in [4.78, 5) is 17.9. The number of para-hydroxylation sites is 1. The molecule has 0 bridgehead atoms. The van der Waals surface area contributed by atoms with E-state index in [-0.39, 0.29) is 5.91 Å². The molecule has 156 valence electrons. The third-order valence-corrected chi connectivity index (χ3v) is 6.57. The average molecular weight is 495 g/mol. The van der Waals surface area contributed by atoms with Crippen LogP contribution in [-0.4, -0.2) is 21.8 Å². The Kier molecular flexibility index (Phi) is 5.41. The zero-order chi connectivity index (χ0) is 21.4. The van der Waals surface area contributed by atoms with Crippen molar-refractivity contribution in [1.82, 2.24) is 10.3 Å². The number of fused-ring (bicyclic) bond motifs is 2. The summed E-state index contributed by atoms with van der Waals surface area (Å²) < 4.78 is 7.20. The Bertz CT molecular complexity index is 1300. The fourth-order valence-corrected chi connectivity index (χ4v) is 4.51. The van der Waals surface area contributed by atoms with Gasteiger partial charge in [0.25, 0.3) is 5.91 Å². The first-order valence-electron chi connectivity index (χ1n) is 9.99. The van der Waals surface area contributed by atoms with Gasteiger partial charge in [-0.1, -0.05) is 64.9 Å². The van der Waals surface area contributed by atoms with Crippen LogP contribution in [0.15, 0.2) is 79.6 Å². The molecule has 1 N–H and O–H groups in total. The molecule has 0 radical (unpaired) electrons. The minimum atomic E-state index is -0.558. The van der Waals surface area contributed by atoms with E-state index in [1.807, 2.05) is 60.7 Å². The molecule has 1 aromatic heterocycles. The van der Waals surface area contributed by atoms with Crippen molar-refractivity contribution in [3.8, 4) is 11.3 Å². The lowest BCUT2D eigenvalue weighted by Crippen LogP contribution is -2.50. The van der Waals surface area contributed by atoms with Gasteiger partial charge in [-0.05, 0) is 36.8 Å². The minimum Gasteiger partial charge on any atom is -0.457 e. The second-order valence-corrected chi connectivity index (χ2v) is 9.13. The van der Waals surface area contributed by atoms with Crippen LogP contribution in [0.2, 0.25) is 0 Å². The average Bonchev–Trinajstić information content (AvgIpc) is 3.27. The Morgan fingerprint density at radius 1 is 1.13 bits per heavy atom. The van der Waals surface area contributed by atoms with Gasteiger partial charge in [0.2, 0.25) is 6.17 Å². The molecule has 31 heavy (non-hydrogen) atoms. The number of carbonyl (C=O) groups is 1. The monoisotopic (exact) mass is 494 g/mol. The number of nitrogens with one attached hydrogen (secondary N) is 1. The zero-order valence-electron chi connectivity index (χ0n) is 16.7. The third kappa shape index (κ3) is 3.81. The molecule has 0 saturated carbocycles. The summed E-state index contributed by atoms with van der Waals surface area (Å²) in [6, 6.07) is 19.4.